The number of anilines is 3. The summed E-state index contributed by atoms with van der Waals surface area (Å²) >= 11 is 0. The van der Waals surface area contributed by atoms with E-state index in [1.807, 2.05) is 50.2 Å². The summed E-state index contributed by atoms with van der Waals surface area (Å²) in [5.74, 6) is -0.134. The van der Waals surface area contributed by atoms with E-state index < -0.39 is 0 Å². The maximum Gasteiger partial charge on any atom is 0.255 e. The molecule has 0 heterocycles. The number of rotatable bonds is 3. The van der Waals surface area contributed by atoms with Crippen LogP contribution in [-0.2, 0) is 0 Å². The standard InChI is InChI=1S/C16H19N3O/c1-11-10-12(4-9-15(11)17)16(20)18-13-5-7-14(8-6-13)19(2)3/h4-10H,17H2,1-3H3,(H,18,20). The van der Waals surface area contributed by atoms with Crippen LogP contribution < -0.4 is 16.0 Å². The van der Waals surface area contributed by atoms with Crippen LogP contribution in [0.5, 0.6) is 0 Å². The molecule has 0 saturated heterocycles. The van der Waals surface area contributed by atoms with E-state index in [9.17, 15) is 4.79 Å². The summed E-state index contributed by atoms with van der Waals surface area (Å²) < 4.78 is 0. The van der Waals surface area contributed by atoms with E-state index in [0.717, 1.165) is 16.9 Å². The largest absolute Gasteiger partial charge is 0.399 e. The number of nitrogens with zero attached hydrogens (tertiary/aromatic N) is 1. The zero-order valence-electron chi connectivity index (χ0n) is 12.0. The number of aryl methyl sites for hydroxylation is 1. The van der Waals surface area contributed by atoms with Gasteiger partial charge in [0.05, 0.1) is 0 Å². The highest BCUT2D eigenvalue weighted by Gasteiger charge is 2.07. The molecular weight excluding hydrogens is 250 g/mol. The molecule has 0 unspecified atom stereocenters. The molecule has 20 heavy (non-hydrogen) atoms. The van der Waals surface area contributed by atoms with Gasteiger partial charge in [-0.2, -0.15) is 0 Å². The molecule has 0 aliphatic rings. The second kappa shape index (κ2) is 5.65. The molecular formula is C16H19N3O. The van der Waals surface area contributed by atoms with Crippen molar-refractivity contribution in [3.05, 3.63) is 53.6 Å². The first-order valence-corrected chi connectivity index (χ1v) is 6.42. The zero-order valence-corrected chi connectivity index (χ0v) is 12.0. The van der Waals surface area contributed by atoms with Crippen molar-refractivity contribution in [2.24, 2.45) is 0 Å². The first kappa shape index (κ1) is 13.9. The van der Waals surface area contributed by atoms with Crippen LogP contribution in [0.15, 0.2) is 42.5 Å². The molecule has 2 aromatic rings. The lowest BCUT2D eigenvalue weighted by Gasteiger charge is -2.13. The minimum Gasteiger partial charge on any atom is -0.399 e. The summed E-state index contributed by atoms with van der Waals surface area (Å²) in [7, 11) is 3.95. The highest BCUT2D eigenvalue weighted by Crippen LogP contribution is 2.18. The van der Waals surface area contributed by atoms with Crippen LogP contribution in [0.3, 0.4) is 0 Å². The molecule has 1 amide bonds. The predicted molar refractivity (Wildman–Crippen MR) is 84.3 cm³/mol. The van der Waals surface area contributed by atoms with E-state index in [-0.39, 0.29) is 5.91 Å². The third-order valence-corrected chi connectivity index (χ3v) is 3.17. The van der Waals surface area contributed by atoms with Gasteiger partial charge in [-0.1, -0.05) is 0 Å². The maximum absolute atomic E-state index is 12.1. The molecule has 104 valence electrons. The van der Waals surface area contributed by atoms with Crippen molar-refractivity contribution in [3.8, 4) is 0 Å². The predicted octanol–water partition coefficient (Wildman–Crippen LogP) is 2.90. The average molecular weight is 269 g/mol. The Morgan fingerprint density at radius 1 is 1.10 bits per heavy atom. The number of carbonyl (C=O) groups excluding carboxylic acids is 1. The van der Waals surface area contributed by atoms with Gasteiger partial charge in [-0.3, -0.25) is 4.79 Å². The lowest BCUT2D eigenvalue weighted by atomic mass is 10.1. The molecule has 4 nitrogen and oxygen atoms in total. The molecule has 0 fully saturated rings. The topological polar surface area (TPSA) is 58.4 Å². The Morgan fingerprint density at radius 3 is 2.30 bits per heavy atom. The zero-order chi connectivity index (χ0) is 14.7. The van der Waals surface area contributed by atoms with Crippen LogP contribution in [0, 0.1) is 6.92 Å². The first-order chi connectivity index (χ1) is 9.47. The van der Waals surface area contributed by atoms with Gasteiger partial charge in [-0.05, 0) is 55.0 Å². The van der Waals surface area contributed by atoms with Gasteiger partial charge in [0, 0.05) is 36.7 Å². The molecule has 0 aliphatic carbocycles. The summed E-state index contributed by atoms with van der Waals surface area (Å²) in [5, 5.41) is 2.87. The number of benzene rings is 2. The first-order valence-electron chi connectivity index (χ1n) is 6.42. The van der Waals surface area contributed by atoms with Gasteiger partial charge < -0.3 is 16.0 Å². The monoisotopic (exact) mass is 269 g/mol. The van der Waals surface area contributed by atoms with Crippen LogP contribution in [0.1, 0.15) is 15.9 Å². The molecule has 2 rings (SSSR count). The molecule has 0 aromatic heterocycles. The van der Waals surface area contributed by atoms with Crippen molar-refractivity contribution in [1.29, 1.82) is 0 Å². The Bertz CT molecular complexity index is 618. The number of carbonyl (C=O) groups is 1. The summed E-state index contributed by atoms with van der Waals surface area (Å²) in [4.78, 5) is 14.1. The van der Waals surface area contributed by atoms with Gasteiger partial charge in [-0.25, -0.2) is 0 Å². The summed E-state index contributed by atoms with van der Waals surface area (Å²) in [5.41, 5.74) is 9.81. The molecule has 2 aromatic carbocycles. The Labute approximate surface area is 119 Å². The van der Waals surface area contributed by atoms with Gasteiger partial charge in [0.25, 0.3) is 5.91 Å². The Kier molecular flexibility index (Phi) is 3.94. The van der Waals surface area contributed by atoms with Crippen molar-refractivity contribution in [2.75, 3.05) is 30.0 Å². The van der Waals surface area contributed by atoms with Gasteiger partial charge in [-0.15, -0.1) is 0 Å². The van der Waals surface area contributed by atoms with Gasteiger partial charge in [0.2, 0.25) is 0 Å². The quantitative estimate of drug-likeness (QED) is 0.842. The van der Waals surface area contributed by atoms with E-state index >= 15 is 0 Å². The lowest BCUT2D eigenvalue weighted by molar-refractivity contribution is 0.102. The SMILES string of the molecule is Cc1cc(C(=O)Nc2ccc(N(C)C)cc2)ccc1N. The van der Waals surface area contributed by atoms with Gasteiger partial charge in [0.15, 0.2) is 0 Å². The fourth-order valence-corrected chi connectivity index (χ4v) is 1.86. The maximum atomic E-state index is 12.1. The van der Waals surface area contributed by atoms with Crippen molar-refractivity contribution in [1.82, 2.24) is 0 Å². The smallest absolute Gasteiger partial charge is 0.255 e. The summed E-state index contributed by atoms with van der Waals surface area (Å²) in [6.45, 7) is 1.89. The van der Waals surface area contributed by atoms with E-state index in [4.69, 9.17) is 5.73 Å². The second-order valence-electron chi connectivity index (χ2n) is 4.97. The molecule has 0 spiro atoms. The lowest BCUT2D eigenvalue weighted by Crippen LogP contribution is -2.13. The van der Waals surface area contributed by atoms with Crippen LogP contribution >= 0.6 is 0 Å². The average Bonchev–Trinajstić information content (AvgIpc) is 2.42. The second-order valence-corrected chi connectivity index (χ2v) is 4.97. The molecule has 4 heteroatoms. The summed E-state index contributed by atoms with van der Waals surface area (Å²) in [6.07, 6.45) is 0. The van der Waals surface area contributed by atoms with Crippen LogP contribution in [0.25, 0.3) is 0 Å². The van der Waals surface area contributed by atoms with Gasteiger partial charge in [0.1, 0.15) is 0 Å². The van der Waals surface area contributed by atoms with E-state index in [0.29, 0.717) is 11.3 Å². The van der Waals surface area contributed by atoms with E-state index in [1.54, 1.807) is 18.2 Å². The third kappa shape index (κ3) is 3.09. The van der Waals surface area contributed by atoms with Crippen molar-refractivity contribution in [3.63, 3.8) is 0 Å². The van der Waals surface area contributed by atoms with E-state index in [1.165, 1.54) is 0 Å². The van der Waals surface area contributed by atoms with Crippen molar-refractivity contribution >= 4 is 23.0 Å². The molecule has 3 N–H and O–H groups in total. The minimum absolute atomic E-state index is 0.134. The molecule has 0 bridgehead atoms. The highest BCUT2D eigenvalue weighted by atomic mass is 16.1. The Morgan fingerprint density at radius 2 is 1.75 bits per heavy atom. The molecule has 0 atom stereocenters. The highest BCUT2D eigenvalue weighted by molar-refractivity contribution is 6.04. The van der Waals surface area contributed by atoms with Crippen LogP contribution in [-0.4, -0.2) is 20.0 Å². The Balaban J connectivity index is 2.12. The third-order valence-electron chi connectivity index (χ3n) is 3.17. The number of nitrogens with two attached hydrogens (primary N) is 1. The number of nitrogens with one attached hydrogen (secondary N) is 1. The van der Waals surface area contributed by atoms with Gasteiger partial charge >= 0.3 is 0 Å². The Hall–Kier alpha value is -2.49. The van der Waals surface area contributed by atoms with Crippen molar-refractivity contribution < 1.29 is 4.79 Å². The van der Waals surface area contributed by atoms with E-state index in [2.05, 4.69) is 5.32 Å². The molecule has 0 aliphatic heterocycles. The normalized spacial score (nSPS) is 10.2. The molecule has 0 radical (unpaired) electrons. The fraction of sp³-hybridized carbons (Fsp3) is 0.188. The van der Waals surface area contributed by atoms with Crippen LogP contribution in [0.2, 0.25) is 0 Å². The van der Waals surface area contributed by atoms with Crippen molar-refractivity contribution in [2.45, 2.75) is 6.92 Å². The number of amides is 1. The van der Waals surface area contributed by atoms with Crippen LogP contribution in [0.4, 0.5) is 17.1 Å². The number of hydrogen-bond donors (Lipinski definition) is 2. The number of nitrogen functional groups attached to an aromatic ring is 1. The summed E-state index contributed by atoms with van der Waals surface area (Å²) in [6, 6.07) is 13.0. The minimum atomic E-state index is -0.134. The molecule has 0 saturated carbocycles. The fourth-order valence-electron chi connectivity index (χ4n) is 1.86. The number of hydrogen-bond acceptors (Lipinski definition) is 3.